The number of carboxylic acid groups (broad SMARTS) is 1. The number of aryl methyl sites for hydroxylation is 1. The molecule has 0 aliphatic heterocycles. The maximum absolute atomic E-state index is 10.8. The molecule has 0 bridgehead atoms. The molecule has 0 atom stereocenters. The summed E-state index contributed by atoms with van der Waals surface area (Å²) in [5, 5.41) is 8.85. The molecule has 1 N–H and O–H groups in total. The molecule has 0 aliphatic carbocycles. The number of nitrogens with zero attached hydrogens (tertiary/aromatic N) is 2. The molecule has 4 nitrogen and oxygen atoms in total. The van der Waals surface area contributed by atoms with Crippen molar-refractivity contribution in [2.24, 2.45) is 0 Å². The van der Waals surface area contributed by atoms with Gasteiger partial charge in [-0.2, -0.15) is 0 Å². The van der Waals surface area contributed by atoms with Gasteiger partial charge in [-0.25, -0.2) is 0 Å². The largest absolute Gasteiger partial charge is 0.480 e. The van der Waals surface area contributed by atoms with Gasteiger partial charge in [0.1, 0.15) is 6.54 Å². The molecule has 0 aromatic carbocycles. The highest BCUT2D eigenvalue weighted by Gasteiger charge is 2.09. The molecule has 82 valence electrons. The highest BCUT2D eigenvalue weighted by Crippen LogP contribution is 2.21. The van der Waals surface area contributed by atoms with Crippen molar-refractivity contribution in [1.29, 1.82) is 0 Å². The number of rotatable bonds is 3. The summed E-state index contributed by atoms with van der Waals surface area (Å²) in [6, 6.07) is 7.58. The van der Waals surface area contributed by atoms with E-state index in [0.29, 0.717) is 0 Å². The molecule has 2 heterocycles. The third-order valence-corrected chi connectivity index (χ3v) is 2.47. The van der Waals surface area contributed by atoms with Crippen molar-refractivity contribution in [2.45, 2.75) is 13.5 Å². The fourth-order valence-electron chi connectivity index (χ4n) is 1.69. The van der Waals surface area contributed by atoms with Crippen LogP contribution in [0.4, 0.5) is 0 Å². The number of aromatic nitrogens is 2. The molecule has 0 fully saturated rings. The zero-order chi connectivity index (χ0) is 11.5. The summed E-state index contributed by atoms with van der Waals surface area (Å²) in [6.45, 7) is 1.88. The molecule has 0 saturated heterocycles. The third kappa shape index (κ3) is 1.95. The van der Waals surface area contributed by atoms with E-state index < -0.39 is 5.97 Å². The first-order valence-electron chi connectivity index (χ1n) is 4.97. The summed E-state index contributed by atoms with van der Waals surface area (Å²) in [4.78, 5) is 14.7. The second kappa shape index (κ2) is 4.18. The van der Waals surface area contributed by atoms with Gasteiger partial charge in [-0.1, -0.05) is 0 Å². The molecule has 2 aromatic heterocycles. The van der Waals surface area contributed by atoms with Gasteiger partial charge >= 0.3 is 5.97 Å². The van der Waals surface area contributed by atoms with Crippen LogP contribution in [-0.2, 0) is 11.3 Å². The van der Waals surface area contributed by atoms with Gasteiger partial charge in [0.05, 0.1) is 0 Å². The van der Waals surface area contributed by atoms with E-state index in [0.717, 1.165) is 17.0 Å². The minimum absolute atomic E-state index is 0.0174. The zero-order valence-corrected chi connectivity index (χ0v) is 8.92. The Balaban J connectivity index is 2.46. The van der Waals surface area contributed by atoms with E-state index >= 15 is 0 Å². The Morgan fingerprint density at radius 2 is 2.00 bits per heavy atom. The van der Waals surface area contributed by atoms with Gasteiger partial charge in [-0.15, -0.1) is 0 Å². The second-order valence-corrected chi connectivity index (χ2v) is 3.58. The van der Waals surface area contributed by atoms with Crippen molar-refractivity contribution < 1.29 is 9.90 Å². The lowest BCUT2D eigenvalue weighted by Crippen LogP contribution is -2.11. The van der Waals surface area contributed by atoms with Crippen LogP contribution < -0.4 is 0 Å². The fourth-order valence-corrected chi connectivity index (χ4v) is 1.69. The van der Waals surface area contributed by atoms with Crippen LogP contribution in [0.5, 0.6) is 0 Å². The Morgan fingerprint density at radius 3 is 2.62 bits per heavy atom. The molecule has 0 spiro atoms. The first-order chi connectivity index (χ1) is 7.68. The number of hydrogen-bond donors (Lipinski definition) is 1. The average Bonchev–Trinajstić information content (AvgIpc) is 2.61. The molecule has 0 unspecified atom stereocenters. The molecule has 16 heavy (non-hydrogen) atoms. The fraction of sp³-hybridized carbons (Fsp3) is 0.167. The maximum Gasteiger partial charge on any atom is 0.323 e. The quantitative estimate of drug-likeness (QED) is 0.853. The van der Waals surface area contributed by atoms with E-state index in [2.05, 4.69) is 4.98 Å². The molecule has 0 aliphatic rings. The van der Waals surface area contributed by atoms with Crippen molar-refractivity contribution in [1.82, 2.24) is 9.55 Å². The Morgan fingerprint density at radius 1 is 1.31 bits per heavy atom. The van der Waals surface area contributed by atoms with Crippen LogP contribution in [0.3, 0.4) is 0 Å². The number of aliphatic carboxylic acids is 1. The van der Waals surface area contributed by atoms with Crippen molar-refractivity contribution in [3.63, 3.8) is 0 Å². The van der Waals surface area contributed by atoms with Gasteiger partial charge in [0.25, 0.3) is 0 Å². The second-order valence-electron chi connectivity index (χ2n) is 3.58. The lowest BCUT2D eigenvalue weighted by molar-refractivity contribution is -0.137. The summed E-state index contributed by atoms with van der Waals surface area (Å²) in [7, 11) is 0. The number of pyridine rings is 1. The van der Waals surface area contributed by atoms with Gasteiger partial charge in [-0.3, -0.25) is 9.78 Å². The van der Waals surface area contributed by atoms with Crippen LogP contribution in [0.1, 0.15) is 5.69 Å². The Hall–Kier alpha value is -2.10. The van der Waals surface area contributed by atoms with Gasteiger partial charge in [0, 0.05) is 29.3 Å². The average molecular weight is 216 g/mol. The Bertz CT molecular complexity index is 503. The van der Waals surface area contributed by atoms with E-state index in [-0.39, 0.29) is 6.54 Å². The van der Waals surface area contributed by atoms with Gasteiger partial charge < -0.3 is 9.67 Å². The summed E-state index contributed by atoms with van der Waals surface area (Å²) < 4.78 is 1.78. The molecule has 0 saturated carbocycles. The molecule has 4 heteroatoms. The predicted octanol–water partition coefficient (Wildman–Crippen LogP) is 1.94. The Labute approximate surface area is 93.2 Å². The molecular formula is C12H12N2O2. The van der Waals surface area contributed by atoms with E-state index in [1.165, 1.54) is 0 Å². The lowest BCUT2D eigenvalue weighted by atomic mass is 10.2. The topological polar surface area (TPSA) is 55.1 Å². The normalized spacial score (nSPS) is 10.3. The standard InChI is InChI=1S/C12H12N2O2/c1-9-2-3-11(14(9)8-12(15)16)10-4-6-13-7-5-10/h2-7H,8H2,1H3,(H,15,16). The van der Waals surface area contributed by atoms with Gasteiger partial charge in [0.2, 0.25) is 0 Å². The summed E-state index contributed by atoms with van der Waals surface area (Å²) in [5.74, 6) is -0.838. The molecular weight excluding hydrogens is 204 g/mol. The first kappa shape index (κ1) is 10.4. The molecule has 2 aromatic rings. The smallest absolute Gasteiger partial charge is 0.323 e. The number of carboxylic acids is 1. The predicted molar refractivity (Wildman–Crippen MR) is 60.0 cm³/mol. The number of carbonyl (C=O) groups is 1. The third-order valence-electron chi connectivity index (χ3n) is 2.47. The van der Waals surface area contributed by atoms with E-state index in [4.69, 9.17) is 5.11 Å². The van der Waals surface area contributed by atoms with Gasteiger partial charge in [0.15, 0.2) is 0 Å². The SMILES string of the molecule is Cc1ccc(-c2ccncc2)n1CC(=O)O. The highest BCUT2D eigenvalue weighted by atomic mass is 16.4. The van der Waals surface area contributed by atoms with Crippen molar-refractivity contribution in [3.8, 4) is 11.3 Å². The monoisotopic (exact) mass is 216 g/mol. The molecule has 2 rings (SSSR count). The lowest BCUT2D eigenvalue weighted by Gasteiger charge is -2.08. The van der Waals surface area contributed by atoms with Gasteiger partial charge in [-0.05, 0) is 31.2 Å². The maximum atomic E-state index is 10.8. The van der Waals surface area contributed by atoms with Crippen molar-refractivity contribution in [2.75, 3.05) is 0 Å². The summed E-state index contributed by atoms with van der Waals surface area (Å²) >= 11 is 0. The van der Waals surface area contributed by atoms with Crippen LogP contribution in [0, 0.1) is 6.92 Å². The highest BCUT2D eigenvalue weighted by molar-refractivity contribution is 5.69. The summed E-state index contributed by atoms with van der Waals surface area (Å²) in [6.07, 6.45) is 3.39. The van der Waals surface area contributed by atoms with Crippen LogP contribution in [0.2, 0.25) is 0 Å². The minimum Gasteiger partial charge on any atom is -0.480 e. The Kier molecular flexibility index (Phi) is 2.72. The molecule has 0 amide bonds. The van der Waals surface area contributed by atoms with Crippen LogP contribution in [-0.4, -0.2) is 20.6 Å². The van der Waals surface area contributed by atoms with Crippen LogP contribution >= 0.6 is 0 Å². The minimum atomic E-state index is -0.838. The van der Waals surface area contributed by atoms with Crippen molar-refractivity contribution in [3.05, 3.63) is 42.4 Å². The van der Waals surface area contributed by atoms with Crippen LogP contribution in [0.25, 0.3) is 11.3 Å². The number of hydrogen-bond acceptors (Lipinski definition) is 2. The van der Waals surface area contributed by atoms with E-state index in [1.54, 1.807) is 17.0 Å². The van der Waals surface area contributed by atoms with Crippen LogP contribution in [0.15, 0.2) is 36.7 Å². The first-order valence-corrected chi connectivity index (χ1v) is 4.97. The molecule has 0 radical (unpaired) electrons. The van der Waals surface area contributed by atoms with Crippen molar-refractivity contribution >= 4 is 5.97 Å². The summed E-state index contributed by atoms with van der Waals surface area (Å²) in [5.41, 5.74) is 2.82. The zero-order valence-electron chi connectivity index (χ0n) is 8.92. The van der Waals surface area contributed by atoms with E-state index in [1.807, 2.05) is 31.2 Å². The van der Waals surface area contributed by atoms with E-state index in [9.17, 15) is 4.79 Å².